The molecule has 33 heavy (non-hydrogen) atoms. The van der Waals surface area contributed by atoms with Gasteiger partial charge >= 0.3 is 0 Å². The molecule has 6 nitrogen and oxygen atoms in total. The Morgan fingerprint density at radius 1 is 1.12 bits per heavy atom. The van der Waals surface area contributed by atoms with E-state index in [1.807, 2.05) is 5.38 Å². The third-order valence-electron chi connectivity index (χ3n) is 5.75. The number of aromatic amines is 1. The summed E-state index contributed by atoms with van der Waals surface area (Å²) in [5.74, 6) is 0.284. The molecule has 0 saturated carbocycles. The second-order valence-corrected chi connectivity index (χ2v) is 10.8. The maximum absolute atomic E-state index is 14.8. The van der Waals surface area contributed by atoms with Crippen LogP contribution in [0.2, 0.25) is 0 Å². The molecule has 1 aliphatic carbocycles. The zero-order valence-electron chi connectivity index (χ0n) is 17.3. The SMILES string of the molecule is O=c1[nH]c(CSc2nc3sc4c(c3c(=O)n2-c2ccccc2F)CCCC4)nc2ccsc12. The molecule has 0 aliphatic heterocycles. The van der Waals surface area contributed by atoms with Crippen molar-refractivity contribution in [1.29, 1.82) is 0 Å². The van der Waals surface area contributed by atoms with Crippen LogP contribution in [0, 0.1) is 5.82 Å². The Hall–Kier alpha value is -2.82. The summed E-state index contributed by atoms with van der Waals surface area (Å²) in [5.41, 5.74) is 1.44. The van der Waals surface area contributed by atoms with Gasteiger partial charge in [-0.3, -0.25) is 14.2 Å². The molecule has 1 aromatic carbocycles. The topological polar surface area (TPSA) is 80.6 Å². The van der Waals surface area contributed by atoms with Crippen molar-refractivity contribution in [3.8, 4) is 5.69 Å². The van der Waals surface area contributed by atoms with E-state index < -0.39 is 5.82 Å². The van der Waals surface area contributed by atoms with Gasteiger partial charge in [0.1, 0.15) is 21.2 Å². The Kier molecular flexibility index (Phi) is 5.16. The van der Waals surface area contributed by atoms with Crippen LogP contribution in [-0.2, 0) is 18.6 Å². The molecule has 0 spiro atoms. The summed E-state index contributed by atoms with van der Waals surface area (Å²) in [4.78, 5) is 40.1. The molecular weight excluding hydrogens is 479 g/mol. The summed E-state index contributed by atoms with van der Waals surface area (Å²) in [6.07, 6.45) is 3.94. The first kappa shape index (κ1) is 20.8. The lowest BCUT2D eigenvalue weighted by Crippen LogP contribution is -2.23. The molecule has 0 saturated heterocycles. The summed E-state index contributed by atoms with van der Waals surface area (Å²) >= 11 is 4.16. The van der Waals surface area contributed by atoms with Gasteiger partial charge in [-0.2, -0.15) is 0 Å². The lowest BCUT2D eigenvalue weighted by Gasteiger charge is -2.14. The van der Waals surface area contributed by atoms with Crippen molar-refractivity contribution < 1.29 is 4.39 Å². The van der Waals surface area contributed by atoms with Crippen molar-refractivity contribution in [2.24, 2.45) is 0 Å². The second kappa shape index (κ2) is 8.19. The average molecular weight is 497 g/mol. The Morgan fingerprint density at radius 2 is 1.97 bits per heavy atom. The molecule has 1 aliphatic rings. The Bertz CT molecular complexity index is 1650. The van der Waals surface area contributed by atoms with Gasteiger partial charge in [-0.15, -0.1) is 22.7 Å². The number of rotatable bonds is 4. The van der Waals surface area contributed by atoms with Crippen molar-refractivity contribution >= 4 is 54.9 Å². The second-order valence-electron chi connectivity index (χ2n) is 7.81. The maximum atomic E-state index is 14.8. The highest BCUT2D eigenvalue weighted by Crippen LogP contribution is 2.35. The van der Waals surface area contributed by atoms with Crippen LogP contribution in [0.25, 0.3) is 26.1 Å². The molecule has 4 aromatic heterocycles. The van der Waals surface area contributed by atoms with E-state index in [4.69, 9.17) is 4.98 Å². The number of H-pyrrole nitrogens is 1. The van der Waals surface area contributed by atoms with E-state index in [0.29, 0.717) is 37.2 Å². The van der Waals surface area contributed by atoms with Crippen LogP contribution < -0.4 is 11.1 Å². The number of halogens is 1. The minimum absolute atomic E-state index is 0.171. The quantitative estimate of drug-likeness (QED) is 0.278. The summed E-state index contributed by atoms with van der Waals surface area (Å²) in [6, 6.07) is 8.03. The van der Waals surface area contributed by atoms with E-state index in [9.17, 15) is 14.0 Å². The Morgan fingerprint density at radius 3 is 2.85 bits per heavy atom. The number of thioether (sulfide) groups is 1. The number of fused-ring (bicyclic) bond motifs is 4. The van der Waals surface area contributed by atoms with Gasteiger partial charge in [-0.05, 0) is 54.8 Å². The molecule has 0 fully saturated rings. The van der Waals surface area contributed by atoms with Gasteiger partial charge in [0.2, 0.25) is 0 Å². The van der Waals surface area contributed by atoms with Gasteiger partial charge in [0, 0.05) is 4.88 Å². The fourth-order valence-corrected chi connectivity index (χ4v) is 7.16. The third kappa shape index (κ3) is 3.53. The predicted molar refractivity (Wildman–Crippen MR) is 132 cm³/mol. The van der Waals surface area contributed by atoms with Crippen molar-refractivity contribution in [2.75, 3.05) is 0 Å². The van der Waals surface area contributed by atoms with Crippen LogP contribution in [0.1, 0.15) is 29.1 Å². The summed E-state index contributed by atoms with van der Waals surface area (Å²) in [7, 11) is 0. The molecule has 0 unspecified atom stereocenters. The predicted octanol–water partition coefficient (Wildman–Crippen LogP) is 5.06. The van der Waals surface area contributed by atoms with Crippen LogP contribution >= 0.6 is 34.4 Å². The summed E-state index contributed by atoms with van der Waals surface area (Å²) in [6.45, 7) is 0. The molecular formula is C23H17FN4O2S3. The number of hydrogen-bond acceptors (Lipinski definition) is 7. The number of hydrogen-bond donors (Lipinski definition) is 1. The number of thiophene rings is 2. The first-order valence-electron chi connectivity index (χ1n) is 10.5. The van der Waals surface area contributed by atoms with Crippen LogP contribution in [0.15, 0.2) is 50.5 Å². The number of benzene rings is 1. The van der Waals surface area contributed by atoms with E-state index in [-0.39, 0.29) is 16.8 Å². The number of aromatic nitrogens is 4. The lowest BCUT2D eigenvalue weighted by atomic mass is 9.97. The van der Waals surface area contributed by atoms with E-state index in [1.165, 1.54) is 38.6 Å². The van der Waals surface area contributed by atoms with Gasteiger partial charge in [0.25, 0.3) is 11.1 Å². The number of para-hydroxylation sites is 1. The fraction of sp³-hybridized carbons (Fsp3) is 0.217. The van der Waals surface area contributed by atoms with Gasteiger partial charge < -0.3 is 4.98 Å². The Labute approximate surface area is 199 Å². The molecule has 0 bridgehead atoms. The number of aryl methyl sites for hydroxylation is 2. The monoisotopic (exact) mass is 496 g/mol. The first-order valence-corrected chi connectivity index (χ1v) is 13.2. The standard InChI is InChI=1S/C23H17FN4O2S3/c24-13-6-2-3-7-15(13)28-22(30)18-12-5-1-4-8-16(12)33-21(18)27-23(28)32-11-17-25-14-9-10-31-19(14)20(29)26-17/h2-3,6-7,9-10H,1,4-5,8,11H2,(H,25,26,29). The van der Waals surface area contributed by atoms with Crippen molar-refractivity contribution in [1.82, 2.24) is 19.5 Å². The molecule has 0 radical (unpaired) electrons. The fourth-order valence-electron chi connectivity index (χ4n) is 4.25. The molecule has 6 rings (SSSR count). The van der Waals surface area contributed by atoms with Crippen LogP contribution in [0.4, 0.5) is 4.39 Å². The van der Waals surface area contributed by atoms with E-state index in [0.717, 1.165) is 31.2 Å². The molecule has 0 amide bonds. The average Bonchev–Trinajstić information content (AvgIpc) is 3.43. The van der Waals surface area contributed by atoms with E-state index in [1.54, 1.807) is 35.6 Å². The highest BCUT2D eigenvalue weighted by Gasteiger charge is 2.24. The first-order chi connectivity index (χ1) is 16.1. The molecule has 166 valence electrons. The van der Waals surface area contributed by atoms with Crippen LogP contribution in [0.5, 0.6) is 0 Å². The normalized spacial score (nSPS) is 13.6. The highest BCUT2D eigenvalue weighted by molar-refractivity contribution is 7.98. The van der Waals surface area contributed by atoms with Crippen molar-refractivity contribution in [3.05, 3.63) is 78.5 Å². The van der Waals surface area contributed by atoms with E-state index >= 15 is 0 Å². The van der Waals surface area contributed by atoms with Gasteiger partial charge in [0.05, 0.1) is 22.3 Å². The zero-order chi connectivity index (χ0) is 22.5. The number of nitrogens with zero attached hydrogens (tertiary/aromatic N) is 3. The van der Waals surface area contributed by atoms with Crippen molar-refractivity contribution in [2.45, 2.75) is 36.6 Å². The van der Waals surface area contributed by atoms with Crippen LogP contribution in [-0.4, -0.2) is 19.5 Å². The molecule has 1 N–H and O–H groups in total. The Balaban J connectivity index is 1.51. The van der Waals surface area contributed by atoms with E-state index in [2.05, 4.69) is 9.97 Å². The van der Waals surface area contributed by atoms with Crippen LogP contribution in [0.3, 0.4) is 0 Å². The smallest absolute Gasteiger partial charge is 0.268 e. The molecule has 0 atom stereocenters. The minimum atomic E-state index is -0.488. The minimum Gasteiger partial charge on any atom is -0.309 e. The van der Waals surface area contributed by atoms with Crippen molar-refractivity contribution in [3.63, 3.8) is 0 Å². The lowest BCUT2D eigenvalue weighted by molar-refractivity contribution is 0.608. The highest BCUT2D eigenvalue weighted by atomic mass is 32.2. The molecule has 5 aromatic rings. The van der Waals surface area contributed by atoms with Gasteiger partial charge in [-0.1, -0.05) is 23.9 Å². The summed E-state index contributed by atoms with van der Waals surface area (Å²) < 4.78 is 16.7. The third-order valence-corrected chi connectivity index (χ3v) is 8.79. The number of nitrogens with one attached hydrogen (secondary N) is 1. The maximum Gasteiger partial charge on any atom is 0.268 e. The molecule has 4 heterocycles. The van der Waals surface area contributed by atoms with Gasteiger partial charge in [-0.25, -0.2) is 14.4 Å². The molecule has 10 heteroatoms. The van der Waals surface area contributed by atoms with Gasteiger partial charge in [0.15, 0.2) is 5.16 Å². The summed E-state index contributed by atoms with van der Waals surface area (Å²) in [5, 5.41) is 2.81. The zero-order valence-corrected chi connectivity index (χ0v) is 19.7. The largest absolute Gasteiger partial charge is 0.309 e.